The molecular weight excluding hydrogens is 174 g/mol. The molecule has 2 aliphatic heterocycles. The fraction of sp³-hybridized carbons (Fsp3) is 0.500. The van der Waals surface area contributed by atoms with Gasteiger partial charge in [0, 0.05) is 17.5 Å². The van der Waals surface area contributed by atoms with Crippen molar-refractivity contribution >= 4 is 0 Å². The zero-order chi connectivity index (χ0) is 9.38. The Morgan fingerprint density at radius 1 is 1.29 bits per heavy atom. The first-order chi connectivity index (χ1) is 6.95. The molecule has 1 N–H and O–H groups in total. The molecule has 0 aromatic heterocycles. The van der Waals surface area contributed by atoms with E-state index >= 15 is 0 Å². The van der Waals surface area contributed by atoms with Crippen LogP contribution in [0.1, 0.15) is 24.3 Å². The minimum absolute atomic E-state index is 0.577. The van der Waals surface area contributed by atoms with Gasteiger partial charge in [-0.3, -0.25) is 0 Å². The molecule has 14 heavy (non-hydrogen) atoms. The van der Waals surface area contributed by atoms with Crippen molar-refractivity contribution in [3.8, 4) is 5.75 Å². The SMILES string of the molecule is c1ccc2c(c1)OCC2C1CCCN1. The lowest BCUT2D eigenvalue weighted by Gasteiger charge is -2.17. The van der Waals surface area contributed by atoms with Gasteiger partial charge in [-0.05, 0) is 25.5 Å². The molecule has 0 saturated carbocycles. The summed E-state index contributed by atoms with van der Waals surface area (Å²) in [6.07, 6.45) is 2.60. The maximum Gasteiger partial charge on any atom is 0.122 e. The maximum atomic E-state index is 5.68. The van der Waals surface area contributed by atoms with Crippen molar-refractivity contribution in [2.45, 2.75) is 24.8 Å². The van der Waals surface area contributed by atoms with Crippen molar-refractivity contribution < 1.29 is 4.74 Å². The van der Waals surface area contributed by atoms with E-state index in [2.05, 4.69) is 23.5 Å². The topological polar surface area (TPSA) is 21.3 Å². The van der Waals surface area contributed by atoms with Crippen molar-refractivity contribution in [2.24, 2.45) is 0 Å². The number of hydrogen-bond donors (Lipinski definition) is 1. The molecule has 1 saturated heterocycles. The highest BCUT2D eigenvalue weighted by molar-refractivity contribution is 5.40. The molecule has 0 radical (unpaired) electrons. The van der Waals surface area contributed by atoms with Crippen LogP contribution in [0.15, 0.2) is 24.3 Å². The maximum absolute atomic E-state index is 5.68. The molecule has 0 aliphatic carbocycles. The Morgan fingerprint density at radius 3 is 3.07 bits per heavy atom. The van der Waals surface area contributed by atoms with E-state index in [4.69, 9.17) is 4.74 Å². The summed E-state index contributed by atoms with van der Waals surface area (Å²) in [5, 5.41) is 3.56. The fourth-order valence-electron chi connectivity index (χ4n) is 2.58. The van der Waals surface area contributed by atoms with Crippen LogP contribution in [-0.2, 0) is 0 Å². The van der Waals surface area contributed by atoms with Gasteiger partial charge in [0.15, 0.2) is 0 Å². The molecule has 2 heteroatoms. The van der Waals surface area contributed by atoms with Crippen LogP contribution in [0.3, 0.4) is 0 Å². The zero-order valence-corrected chi connectivity index (χ0v) is 8.20. The molecule has 1 aromatic carbocycles. The van der Waals surface area contributed by atoms with E-state index < -0.39 is 0 Å². The number of rotatable bonds is 1. The van der Waals surface area contributed by atoms with E-state index in [0.29, 0.717) is 12.0 Å². The van der Waals surface area contributed by atoms with Gasteiger partial charge < -0.3 is 10.1 Å². The van der Waals surface area contributed by atoms with Gasteiger partial charge in [0.2, 0.25) is 0 Å². The predicted molar refractivity (Wildman–Crippen MR) is 55.7 cm³/mol. The van der Waals surface area contributed by atoms with Crippen molar-refractivity contribution in [3.05, 3.63) is 29.8 Å². The van der Waals surface area contributed by atoms with Crippen molar-refractivity contribution in [2.75, 3.05) is 13.2 Å². The average molecular weight is 189 g/mol. The average Bonchev–Trinajstić information content (AvgIpc) is 2.85. The summed E-state index contributed by atoms with van der Waals surface area (Å²) in [5.74, 6) is 1.67. The van der Waals surface area contributed by atoms with Crippen LogP contribution < -0.4 is 10.1 Å². The van der Waals surface area contributed by atoms with Crippen molar-refractivity contribution in [1.82, 2.24) is 5.32 Å². The Kier molecular flexibility index (Phi) is 1.95. The van der Waals surface area contributed by atoms with Crippen LogP contribution in [0.5, 0.6) is 5.75 Å². The molecule has 0 spiro atoms. The summed E-state index contributed by atoms with van der Waals surface area (Å²) in [6, 6.07) is 9.06. The van der Waals surface area contributed by atoms with Gasteiger partial charge in [-0.25, -0.2) is 0 Å². The number of benzene rings is 1. The third kappa shape index (κ3) is 1.22. The monoisotopic (exact) mass is 189 g/mol. The molecule has 2 aliphatic rings. The Bertz CT molecular complexity index is 331. The summed E-state index contributed by atoms with van der Waals surface area (Å²) in [6.45, 7) is 2.03. The second-order valence-corrected chi connectivity index (χ2v) is 4.16. The normalized spacial score (nSPS) is 30.0. The van der Waals surface area contributed by atoms with Gasteiger partial charge >= 0.3 is 0 Å². The predicted octanol–water partition coefficient (Wildman–Crippen LogP) is 1.91. The van der Waals surface area contributed by atoms with Gasteiger partial charge in [-0.2, -0.15) is 0 Å². The third-order valence-electron chi connectivity index (χ3n) is 3.32. The highest BCUT2D eigenvalue weighted by Crippen LogP contribution is 2.37. The summed E-state index contributed by atoms with van der Waals surface area (Å²) in [5.41, 5.74) is 1.40. The van der Waals surface area contributed by atoms with Crippen LogP contribution in [0, 0.1) is 0 Å². The van der Waals surface area contributed by atoms with E-state index in [1.807, 2.05) is 6.07 Å². The Morgan fingerprint density at radius 2 is 2.21 bits per heavy atom. The standard InChI is InChI=1S/C12H15NO/c1-2-6-12-9(4-1)10(8-14-12)11-5-3-7-13-11/h1-2,4,6,10-11,13H,3,5,7-8H2. The lowest BCUT2D eigenvalue weighted by atomic mass is 9.92. The van der Waals surface area contributed by atoms with Crippen LogP contribution in [0.25, 0.3) is 0 Å². The van der Waals surface area contributed by atoms with E-state index in [-0.39, 0.29) is 0 Å². The zero-order valence-electron chi connectivity index (χ0n) is 8.20. The first kappa shape index (κ1) is 8.30. The van der Waals surface area contributed by atoms with Gasteiger partial charge in [0.05, 0.1) is 6.61 Å². The van der Waals surface area contributed by atoms with Crippen LogP contribution in [0.2, 0.25) is 0 Å². The summed E-state index contributed by atoms with van der Waals surface area (Å²) >= 11 is 0. The Hall–Kier alpha value is -1.02. The second-order valence-electron chi connectivity index (χ2n) is 4.16. The summed E-state index contributed by atoms with van der Waals surface area (Å²) < 4.78 is 5.68. The summed E-state index contributed by atoms with van der Waals surface area (Å²) in [7, 11) is 0. The smallest absolute Gasteiger partial charge is 0.122 e. The van der Waals surface area contributed by atoms with E-state index in [9.17, 15) is 0 Å². The quantitative estimate of drug-likeness (QED) is 0.728. The summed E-state index contributed by atoms with van der Waals surface area (Å²) in [4.78, 5) is 0. The van der Waals surface area contributed by atoms with E-state index in [1.165, 1.54) is 24.9 Å². The lowest BCUT2D eigenvalue weighted by molar-refractivity contribution is 0.307. The first-order valence-electron chi connectivity index (χ1n) is 5.40. The number of hydrogen-bond acceptors (Lipinski definition) is 2. The number of ether oxygens (including phenoxy) is 1. The van der Waals surface area contributed by atoms with Gasteiger partial charge in [-0.15, -0.1) is 0 Å². The molecule has 1 aromatic rings. The molecule has 2 atom stereocenters. The molecule has 3 rings (SSSR count). The third-order valence-corrected chi connectivity index (χ3v) is 3.32. The van der Waals surface area contributed by atoms with Crippen LogP contribution >= 0.6 is 0 Å². The van der Waals surface area contributed by atoms with Crippen LogP contribution in [0.4, 0.5) is 0 Å². The number of para-hydroxylation sites is 1. The minimum atomic E-state index is 0.577. The minimum Gasteiger partial charge on any atom is -0.493 e. The van der Waals surface area contributed by atoms with E-state index in [0.717, 1.165) is 12.4 Å². The molecule has 2 nitrogen and oxygen atoms in total. The fourth-order valence-corrected chi connectivity index (χ4v) is 2.58. The molecule has 0 amide bonds. The molecule has 2 heterocycles. The Labute approximate surface area is 84.3 Å². The molecule has 0 bridgehead atoms. The van der Waals surface area contributed by atoms with Crippen molar-refractivity contribution in [3.63, 3.8) is 0 Å². The second kappa shape index (κ2) is 3.28. The highest BCUT2D eigenvalue weighted by Gasteiger charge is 2.32. The molecular formula is C12H15NO. The van der Waals surface area contributed by atoms with Gasteiger partial charge in [-0.1, -0.05) is 18.2 Å². The molecule has 1 fully saturated rings. The van der Waals surface area contributed by atoms with Gasteiger partial charge in [0.25, 0.3) is 0 Å². The largest absolute Gasteiger partial charge is 0.493 e. The first-order valence-corrected chi connectivity index (χ1v) is 5.40. The highest BCUT2D eigenvalue weighted by atomic mass is 16.5. The van der Waals surface area contributed by atoms with Gasteiger partial charge in [0.1, 0.15) is 5.75 Å². The van der Waals surface area contributed by atoms with E-state index in [1.54, 1.807) is 0 Å². The number of fused-ring (bicyclic) bond motifs is 1. The van der Waals surface area contributed by atoms with Crippen LogP contribution in [-0.4, -0.2) is 19.2 Å². The lowest BCUT2D eigenvalue weighted by Crippen LogP contribution is -2.29. The molecule has 74 valence electrons. The van der Waals surface area contributed by atoms with Crippen molar-refractivity contribution in [1.29, 1.82) is 0 Å². The molecule has 2 unspecified atom stereocenters. The number of nitrogens with one attached hydrogen (secondary N) is 1. The Balaban J connectivity index is 1.89.